The Balaban J connectivity index is 0.000000154. The highest BCUT2D eigenvalue weighted by Crippen LogP contribution is 2.54. The van der Waals surface area contributed by atoms with Crippen LogP contribution in [-0.4, -0.2) is 113 Å². The number of hydrogen-bond acceptors (Lipinski definition) is 18. The molecule has 12 aromatic rings. The van der Waals surface area contributed by atoms with E-state index >= 15 is 0 Å². The number of hydrogen-bond donors (Lipinski definition) is 9. The number of amides is 4. The summed E-state index contributed by atoms with van der Waals surface area (Å²) in [5.41, 5.74) is 20.3. The second-order valence-electron chi connectivity index (χ2n) is 34.2. The first-order valence-corrected chi connectivity index (χ1v) is 45.1. The normalized spacial score (nSPS) is 17.1. The summed E-state index contributed by atoms with van der Waals surface area (Å²) in [6.07, 6.45) is 9.19. The number of benzene rings is 11. The van der Waals surface area contributed by atoms with Crippen molar-refractivity contribution in [2.24, 2.45) is 17.8 Å². The van der Waals surface area contributed by atoms with Crippen LogP contribution < -0.4 is 64.6 Å². The number of halogens is 3. The summed E-state index contributed by atoms with van der Waals surface area (Å²) < 4.78 is 90.3. The number of furan rings is 1. The van der Waals surface area contributed by atoms with Crippen LogP contribution in [0.3, 0.4) is 0 Å². The number of allylic oxidation sites excluding steroid dienone is 5. The van der Waals surface area contributed by atoms with Gasteiger partial charge >= 0.3 is 7.12 Å². The van der Waals surface area contributed by atoms with E-state index in [1.54, 1.807) is 85.1 Å². The van der Waals surface area contributed by atoms with Crippen molar-refractivity contribution in [2.45, 2.75) is 117 Å². The van der Waals surface area contributed by atoms with E-state index in [4.69, 9.17) is 42.3 Å². The molecule has 22 nitrogen and oxygen atoms in total. The molecule has 0 bridgehead atoms. The number of aryl methyl sites for hydroxylation is 1. The average Bonchev–Trinajstić information content (AvgIpc) is 1.87. The van der Waals surface area contributed by atoms with Crippen LogP contribution in [0.25, 0.3) is 40.5 Å². The Morgan fingerprint density at radius 3 is 1.04 bits per heavy atom. The topological polar surface area (TPSA) is 305 Å². The van der Waals surface area contributed by atoms with Gasteiger partial charge in [0.1, 0.15) is 34.7 Å². The van der Waals surface area contributed by atoms with Gasteiger partial charge < -0.3 is 88.9 Å². The number of fused-ring (bicyclic) bond motifs is 4. The van der Waals surface area contributed by atoms with Crippen molar-refractivity contribution in [3.8, 4) is 63.2 Å². The van der Waals surface area contributed by atoms with Gasteiger partial charge in [-0.15, -0.1) is 0 Å². The maximum atomic E-state index is 14.2. The third-order valence-electron chi connectivity index (χ3n) is 25.7. The first-order valence-electron chi connectivity index (χ1n) is 45.1. The quantitative estimate of drug-likeness (QED) is 0.0189. The van der Waals surface area contributed by atoms with E-state index in [-0.39, 0.29) is 143 Å². The van der Waals surface area contributed by atoms with Gasteiger partial charge in [-0.25, -0.2) is 13.2 Å². The van der Waals surface area contributed by atoms with Gasteiger partial charge in [0.05, 0.1) is 75.1 Å². The first-order chi connectivity index (χ1) is 66.0. The highest BCUT2D eigenvalue weighted by Gasteiger charge is 2.40. The number of aromatic hydroxyl groups is 3. The van der Waals surface area contributed by atoms with Crippen LogP contribution in [0.1, 0.15) is 172 Å². The van der Waals surface area contributed by atoms with E-state index in [9.17, 15) is 57.7 Å². The van der Waals surface area contributed by atoms with Gasteiger partial charge in [0.25, 0.3) is 0 Å². The molecule has 7 unspecified atom stereocenters. The van der Waals surface area contributed by atoms with Crippen molar-refractivity contribution in [1.82, 2.24) is 21.3 Å². The minimum Gasteiger partial charge on any atom is -0.502 e. The Bertz CT molecular complexity index is 6170. The summed E-state index contributed by atoms with van der Waals surface area (Å²) in [6.45, 7) is 12.0. The van der Waals surface area contributed by atoms with Crippen molar-refractivity contribution in [3.63, 3.8) is 0 Å². The molecule has 0 fully saturated rings. The lowest BCUT2D eigenvalue weighted by molar-refractivity contribution is -0.122. The summed E-state index contributed by atoms with van der Waals surface area (Å²) in [4.78, 5) is 51.2. The number of phenols is 3. The molecule has 1 heterocycles. The molecule has 0 aliphatic heterocycles. The molecule has 137 heavy (non-hydrogen) atoms. The van der Waals surface area contributed by atoms with Gasteiger partial charge in [0.2, 0.25) is 40.9 Å². The molecule has 4 amide bonds. The molecule has 11 aromatic carbocycles. The molecule has 4 aliphatic carbocycles. The zero-order chi connectivity index (χ0) is 97.8. The largest absolute Gasteiger partial charge is 0.502 e. The molecule has 0 radical (unpaired) electrons. The van der Waals surface area contributed by atoms with Gasteiger partial charge in [-0.3, -0.25) is 19.2 Å². The Hall–Kier alpha value is -14.9. The van der Waals surface area contributed by atoms with E-state index < -0.39 is 7.12 Å². The van der Waals surface area contributed by atoms with Crippen molar-refractivity contribution in [1.29, 1.82) is 0 Å². The Kier molecular flexibility index (Phi) is 33.4. The van der Waals surface area contributed by atoms with Crippen LogP contribution in [0.4, 0.5) is 13.2 Å². The molecule has 16 rings (SSSR count). The van der Waals surface area contributed by atoms with E-state index in [0.717, 1.165) is 100 Å². The number of carbonyl (C=O) groups is 4. The van der Waals surface area contributed by atoms with Crippen molar-refractivity contribution >= 4 is 76.7 Å². The summed E-state index contributed by atoms with van der Waals surface area (Å²) in [7, 11) is 10.1. The Morgan fingerprint density at radius 2 is 0.686 bits per heavy atom. The molecular weight excluding hydrogens is 1750 g/mol. The third-order valence-corrected chi connectivity index (χ3v) is 25.7. The van der Waals surface area contributed by atoms with E-state index in [0.29, 0.717) is 78.3 Å². The molecule has 0 spiro atoms. The minimum absolute atomic E-state index is 0.0180. The van der Waals surface area contributed by atoms with Crippen LogP contribution in [-0.2, 0) is 51.8 Å². The van der Waals surface area contributed by atoms with Crippen molar-refractivity contribution in [2.75, 3.05) is 56.9 Å². The molecule has 1 aromatic heterocycles. The number of phenolic OH excluding ortho intramolecular Hbond substituents is 3. The van der Waals surface area contributed by atoms with Crippen LogP contribution in [0.15, 0.2) is 241 Å². The molecule has 4 aliphatic rings. The first kappa shape index (κ1) is 99.6. The lowest BCUT2D eigenvalue weighted by atomic mass is 9.78. The molecule has 7 atom stereocenters. The number of methoxy groups -OCH3 is 8. The van der Waals surface area contributed by atoms with Gasteiger partial charge in [0.15, 0.2) is 34.5 Å². The molecule has 9 N–H and O–H groups in total. The zero-order valence-corrected chi connectivity index (χ0v) is 78.8. The monoisotopic (exact) mass is 1860 g/mol. The van der Waals surface area contributed by atoms with Crippen molar-refractivity contribution in [3.05, 3.63) is 349 Å². The number of carbonyl (C=O) groups excluding carboxylic acids is 4. The number of ether oxygens (including phenoxy) is 8. The maximum Gasteiger partial charge on any atom is 0.496 e. The average molecular weight is 1860 g/mol. The Morgan fingerprint density at radius 1 is 0.365 bits per heavy atom. The minimum atomic E-state index is -1.76. The second-order valence-corrected chi connectivity index (χ2v) is 34.2. The standard InChI is InChI=1S/C29H31NO4.2C28H28FNO4.C26H27BFNO6/c1-18-10-11-22-23(13-21-14-26(33-3)29(32)27(15-21)34-4)19(2)24(25(22)12-18)16-28(31)30-17-20-8-6-5-7-9-20;2*1-17-22(11-19-12-25(33-2)28(32)26(13-19)34-3)21-10-9-20(29)14-24(21)23(17)15-27(31)30-16-18-7-5-4-6-8-18;1-15-20(9-16-10-23(33-2)26(27(31)32)24(11-16)34-3)19-7-6-17(28)12-22(19)21(15)13-25(30)29-14-18-5-4-8-35-18/h5-15,19,24,32H,16-17H2,1-4H3,(H,30,31);4-10,12-14,23,32H,11,15-16H2,1-3H3,(H,30,31);4-14,17,23,32H,15-16H2,1-3H3,(H,30,31);4-12,15,21,31-32H,13-14H2,1-3H3,(H,29,30)/b23-13-;;22-11-;20-9-. The molecule has 26 heteroatoms. The molecular formula is C111H114BF3N4O18. The number of nitrogens with one attached hydrogen (secondary N) is 4. The fourth-order valence-corrected chi connectivity index (χ4v) is 18.5. The van der Waals surface area contributed by atoms with E-state index in [1.165, 1.54) is 104 Å². The highest BCUT2D eigenvalue weighted by atomic mass is 19.1. The zero-order valence-electron chi connectivity index (χ0n) is 78.8. The smallest absolute Gasteiger partial charge is 0.496 e. The molecule has 710 valence electrons. The lowest BCUT2D eigenvalue weighted by Gasteiger charge is -2.18. The SMILES string of the molecule is COc1cc(/C=C2\c3ccc(C)cc3C(CC(=O)NCc3ccccc3)C2C)cc(OC)c1O.COc1cc(/C=C2\c3ccc(F)cc3C(CC(=O)NCc3ccccc3)C2C)cc(OC)c1O.COc1cc(/C=C2\c3ccc(F)cc3C(CC(=O)NCc3ccco3)C2C)cc(OC)c1B(O)O.COc1cc(CC2=C(C)C(CC(=O)NCc3ccccc3)c3cc(F)ccc32)cc(OC)c1O. The summed E-state index contributed by atoms with van der Waals surface area (Å²) >= 11 is 0. The fraction of sp³-hybridized carbons (Fsp3) is 0.261. The highest BCUT2D eigenvalue weighted by molar-refractivity contribution is 6.61. The third kappa shape index (κ3) is 23.9. The summed E-state index contributed by atoms with van der Waals surface area (Å²) in [5.74, 6) is 1.27. The van der Waals surface area contributed by atoms with E-state index in [2.05, 4.69) is 59.4 Å². The molecule has 0 saturated heterocycles. The fourth-order valence-electron chi connectivity index (χ4n) is 18.5. The predicted molar refractivity (Wildman–Crippen MR) is 526 cm³/mol. The maximum absolute atomic E-state index is 14.2. The van der Waals surface area contributed by atoms with Crippen LogP contribution in [0, 0.1) is 42.1 Å². The lowest BCUT2D eigenvalue weighted by Crippen LogP contribution is -2.32. The van der Waals surface area contributed by atoms with Crippen molar-refractivity contribution < 1.29 is 100 Å². The van der Waals surface area contributed by atoms with Gasteiger partial charge in [-0.1, -0.05) is 178 Å². The summed E-state index contributed by atoms with van der Waals surface area (Å²) in [6, 6.07) is 67.4. The van der Waals surface area contributed by atoms with Crippen LogP contribution in [0.2, 0.25) is 0 Å². The van der Waals surface area contributed by atoms with E-state index in [1.807, 2.05) is 124 Å². The second kappa shape index (κ2) is 45.9. The van der Waals surface area contributed by atoms with Gasteiger partial charge in [-0.05, 0) is 259 Å². The predicted octanol–water partition coefficient (Wildman–Crippen LogP) is 19.7. The van der Waals surface area contributed by atoms with Gasteiger partial charge in [-0.2, -0.15) is 0 Å². The summed E-state index contributed by atoms with van der Waals surface area (Å²) in [5, 5.41) is 62.1. The van der Waals surface area contributed by atoms with Gasteiger partial charge in [0, 0.05) is 51.2 Å². The number of rotatable bonds is 30. The Labute approximate surface area is 796 Å². The van der Waals surface area contributed by atoms with Crippen LogP contribution in [0.5, 0.6) is 63.2 Å². The van der Waals surface area contributed by atoms with Crippen LogP contribution >= 0.6 is 0 Å². The molecule has 0 saturated carbocycles.